The first-order chi connectivity index (χ1) is 5.35. The van der Waals surface area contributed by atoms with Gasteiger partial charge in [-0.2, -0.15) is 0 Å². The minimum absolute atomic E-state index is 0.367. The Hall–Kier alpha value is 0.434. The van der Waals surface area contributed by atoms with Gasteiger partial charge in [0, 0.05) is 19.0 Å². The van der Waals surface area contributed by atoms with E-state index in [-0.39, 0.29) is 0 Å². The van der Waals surface area contributed by atoms with E-state index in [0.717, 1.165) is 0 Å². The van der Waals surface area contributed by atoms with Gasteiger partial charge in [0.15, 0.2) is 0 Å². The number of rotatable bonds is 7. The van der Waals surface area contributed by atoms with Gasteiger partial charge in [0.25, 0.3) is 0 Å². The van der Waals surface area contributed by atoms with Crippen LogP contribution in [-0.4, -0.2) is 19.0 Å². The van der Waals surface area contributed by atoms with Crippen molar-refractivity contribution in [1.29, 1.82) is 0 Å². The Morgan fingerprint density at radius 1 is 0.909 bits per heavy atom. The first-order valence-electron chi connectivity index (χ1n) is 5.35. The second kappa shape index (κ2) is 8.53. The zero-order chi connectivity index (χ0) is 8.53. The lowest BCUT2D eigenvalue weighted by Crippen LogP contribution is -2.09. The lowest BCUT2D eigenvalue weighted by Gasteiger charge is -2.11. The highest BCUT2D eigenvalue weighted by atomic mass is 28.3. The summed E-state index contributed by atoms with van der Waals surface area (Å²) in [5.74, 6) is 0. The van der Waals surface area contributed by atoms with Gasteiger partial charge in [-0.25, -0.2) is 0 Å². The molecule has 11 heavy (non-hydrogen) atoms. The van der Waals surface area contributed by atoms with Crippen LogP contribution in [0.15, 0.2) is 0 Å². The molecule has 0 spiro atoms. The molecule has 0 aliphatic heterocycles. The lowest BCUT2D eigenvalue weighted by atomic mass is 10.6. The summed E-state index contributed by atoms with van der Waals surface area (Å²) in [7, 11) is 0.733. The molecule has 0 atom stereocenters. The van der Waals surface area contributed by atoms with Gasteiger partial charge in [0.05, 0.1) is 0 Å². The van der Waals surface area contributed by atoms with E-state index in [1.165, 1.54) is 24.4 Å². The van der Waals surface area contributed by atoms with Crippen LogP contribution in [0, 0.1) is 0 Å². The van der Waals surface area contributed by atoms with Crippen molar-refractivity contribution in [2.45, 2.75) is 57.3 Å². The van der Waals surface area contributed by atoms with E-state index in [1.807, 2.05) is 0 Å². The maximum Gasteiger partial charge on any atom is 0.0197 e. The van der Waals surface area contributed by atoms with E-state index in [2.05, 4.69) is 20.8 Å². The largest absolute Gasteiger partial charge is 0.0657 e. The third-order valence-electron chi connectivity index (χ3n) is 2.51. The second-order valence-corrected chi connectivity index (χ2v) is 9.59. The molecule has 0 fully saturated rings. The van der Waals surface area contributed by atoms with E-state index in [9.17, 15) is 0 Å². The minimum Gasteiger partial charge on any atom is -0.0657 e. The minimum atomic E-state index is 0.367. The van der Waals surface area contributed by atoms with Crippen molar-refractivity contribution in [3.8, 4) is 0 Å². The molecule has 0 aliphatic rings. The highest BCUT2D eigenvalue weighted by molar-refractivity contribution is 6.58. The summed E-state index contributed by atoms with van der Waals surface area (Å²) in [4.78, 5) is 0. The average molecular weight is 188 g/mol. The van der Waals surface area contributed by atoms with Crippen LogP contribution in [0.1, 0.15) is 40.0 Å². The normalized spacial score (nSPS) is 15.5. The van der Waals surface area contributed by atoms with Crippen LogP contribution in [0.5, 0.6) is 0 Å². The van der Waals surface area contributed by atoms with E-state index in [4.69, 9.17) is 0 Å². The van der Waals surface area contributed by atoms with Gasteiger partial charge < -0.3 is 0 Å². The fourth-order valence-electron chi connectivity index (χ4n) is 1.54. The molecule has 0 aromatic heterocycles. The van der Waals surface area contributed by atoms with Gasteiger partial charge in [0.2, 0.25) is 0 Å². The molecule has 0 aromatic rings. The van der Waals surface area contributed by atoms with Gasteiger partial charge >= 0.3 is 0 Å². The van der Waals surface area contributed by atoms with E-state index in [0.29, 0.717) is 19.0 Å². The van der Waals surface area contributed by atoms with Gasteiger partial charge in [0.1, 0.15) is 0 Å². The second-order valence-electron chi connectivity index (χ2n) is 3.56. The molecule has 0 aromatic carbocycles. The van der Waals surface area contributed by atoms with Crippen molar-refractivity contribution in [1.82, 2.24) is 0 Å². The van der Waals surface area contributed by atoms with Crippen LogP contribution < -0.4 is 0 Å². The fraction of sp³-hybridized carbons (Fsp3) is 1.00. The van der Waals surface area contributed by atoms with Crippen LogP contribution in [0.4, 0.5) is 0 Å². The Labute approximate surface area is 76.8 Å². The van der Waals surface area contributed by atoms with E-state index in [1.54, 1.807) is 12.1 Å². The Morgan fingerprint density at radius 2 is 1.36 bits per heavy atom. The molecule has 0 rings (SSSR count). The average Bonchev–Trinajstić information content (AvgIpc) is 2.05. The molecule has 0 saturated carbocycles. The summed E-state index contributed by atoms with van der Waals surface area (Å²) in [5.41, 5.74) is 0. The van der Waals surface area contributed by atoms with E-state index < -0.39 is 0 Å². The summed E-state index contributed by atoms with van der Waals surface area (Å²) in [6.07, 6.45) is 4.41. The molecule has 0 unspecified atom stereocenters. The molecule has 0 bridgehead atoms. The van der Waals surface area contributed by atoms with E-state index >= 15 is 0 Å². The van der Waals surface area contributed by atoms with Crippen molar-refractivity contribution < 1.29 is 0 Å². The van der Waals surface area contributed by atoms with Crippen LogP contribution in [0.3, 0.4) is 0 Å². The van der Waals surface area contributed by atoms with Gasteiger partial charge in [-0.1, -0.05) is 57.3 Å². The SMILES string of the molecule is CCC[SiH2]C(CC)[SiH2]CCC. The molecule has 0 radical (unpaired) electrons. The first-order valence-corrected chi connectivity index (χ1v) is 8.98. The van der Waals surface area contributed by atoms with Gasteiger partial charge in [-0.3, -0.25) is 0 Å². The smallest absolute Gasteiger partial charge is 0.0197 e. The number of hydrogen-bond donors (Lipinski definition) is 0. The molecule has 68 valence electrons. The Bertz CT molecular complexity index is 66.0. The molecule has 0 aliphatic carbocycles. The van der Waals surface area contributed by atoms with Crippen molar-refractivity contribution in [2.24, 2.45) is 0 Å². The van der Waals surface area contributed by atoms with Crippen LogP contribution in [0.2, 0.25) is 17.3 Å². The molecule has 0 saturated heterocycles. The van der Waals surface area contributed by atoms with Crippen LogP contribution in [-0.2, 0) is 0 Å². The van der Waals surface area contributed by atoms with Gasteiger partial charge in [-0.15, -0.1) is 0 Å². The van der Waals surface area contributed by atoms with Crippen molar-refractivity contribution in [3.63, 3.8) is 0 Å². The Morgan fingerprint density at radius 3 is 1.64 bits per heavy atom. The maximum absolute atomic E-state index is 2.40. The molecule has 0 nitrogen and oxygen atoms in total. The Kier molecular flexibility index (Phi) is 8.87. The molecular formula is C9H24Si2. The monoisotopic (exact) mass is 188 g/mol. The first kappa shape index (κ1) is 11.4. The molecule has 0 heterocycles. The molecule has 0 amide bonds. The summed E-state index contributed by atoms with van der Waals surface area (Å²) < 4.78 is 0. The maximum atomic E-state index is 2.40. The lowest BCUT2D eigenvalue weighted by molar-refractivity contribution is 0.957. The van der Waals surface area contributed by atoms with Crippen molar-refractivity contribution in [3.05, 3.63) is 0 Å². The summed E-state index contributed by atoms with van der Waals surface area (Å²) in [6.45, 7) is 7.07. The number of hydrogen-bond acceptors (Lipinski definition) is 0. The summed E-state index contributed by atoms with van der Waals surface area (Å²) in [6, 6.07) is 3.21. The summed E-state index contributed by atoms with van der Waals surface area (Å²) in [5, 5.41) is 1.30. The molecule has 0 N–H and O–H groups in total. The van der Waals surface area contributed by atoms with Crippen LogP contribution >= 0.6 is 0 Å². The standard InChI is InChI=1S/C9H24Si2/c1-4-7-10-9(6-3)11-8-5-2/h9H,4-8,10-11H2,1-3H3. The van der Waals surface area contributed by atoms with Crippen molar-refractivity contribution in [2.75, 3.05) is 0 Å². The zero-order valence-corrected chi connectivity index (χ0v) is 11.4. The Balaban J connectivity index is 3.25. The fourth-order valence-corrected chi connectivity index (χ4v) is 7.21. The molecular weight excluding hydrogens is 164 g/mol. The quantitative estimate of drug-likeness (QED) is 0.537. The predicted octanol–water partition coefficient (Wildman–Crippen LogP) is 2.14. The topological polar surface area (TPSA) is 0 Å². The van der Waals surface area contributed by atoms with Crippen LogP contribution in [0.25, 0.3) is 0 Å². The van der Waals surface area contributed by atoms with Gasteiger partial charge in [-0.05, 0) is 0 Å². The molecule has 2 heteroatoms. The highest BCUT2D eigenvalue weighted by Gasteiger charge is 2.05. The summed E-state index contributed by atoms with van der Waals surface area (Å²) >= 11 is 0. The highest BCUT2D eigenvalue weighted by Crippen LogP contribution is 2.11. The zero-order valence-electron chi connectivity index (χ0n) is 8.53. The predicted molar refractivity (Wildman–Crippen MR) is 61.3 cm³/mol. The third-order valence-corrected chi connectivity index (χ3v) is 9.98. The van der Waals surface area contributed by atoms with Crippen molar-refractivity contribution >= 4 is 19.0 Å². The third kappa shape index (κ3) is 6.82.